The van der Waals surface area contributed by atoms with Crippen LogP contribution < -0.4 is 0 Å². The van der Waals surface area contributed by atoms with Crippen LogP contribution in [-0.4, -0.2) is 28.2 Å². The van der Waals surface area contributed by atoms with Crippen molar-refractivity contribution >= 4 is 48.6 Å². The average Bonchev–Trinajstić information content (AvgIpc) is 3.13. The second-order valence-corrected chi connectivity index (χ2v) is 7.77. The smallest absolute Gasteiger partial charge is 0.217 e. The molecule has 0 fully saturated rings. The monoisotopic (exact) mass is 368 g/mol. The molecule has 0 saturated carbocycles. The molecule has 0 N–H and O–H groups in total. The third-order valence-corrected chi connectivity index (χ3v) is 6.19. The molecule has 3 heterocycles. The molecular formula is C13H6ClFN4O2S2. The van der Waals surface area contributed by atoms with Gasteiger partial charge in [0, 0.05) is 0 Å². The fourth-order valence-corrected chi connectivity index (χ4v) is 4.53. The van der Waals surface area contributed by atoms with Gasteiger partial charge in [0.1, 0.15) is 5.82 Å². The summed E-state index contributed by atoms with van der Waals surface area (Å²) in [7, 11) is -4.07. The minimum absolute atomic E-state index is 0.00478. The molecule has 6 nitrogen and oxygen atoms in total. The van der Waals surface area contributed by atoms with Gasteiger partial charge in [-0.1, -0.05) is 22.9 Å². The zero-order valence-electron chi connectivity index (χ0n) is 11.1. The zero-order chi connectivity index (χ0) is 16.2. The first kappa shape index (κ1) is 14.5. The predicted octanol–water partition coefficient (Wildman–Crippen LogP) is 2.96. The van der Waals surface area contributed by atoms with Crippen molar-refractivity contribution in [1.29, 1.82) is 0 Å². The molecule has 3 aromatic heterocycles. The van der Waals surface area contributed by atoms with Crippen molar-refractivity contribution in [3.05, 3.63) is 46.7 Å². The average molecular weight is 369 g/mol. The van der Waals surface area contributed by atoms with Gasteiger partial charge in [-0.05, 0) is 29.6 Å². The van der Waals surface area contributed by atoms with Gasteiger partial charge in [-0.2, -0.15) is 4.52 Å². The minimum Gasteiger partial charge on any atom is -0.217 e. The van der Waals surface area contributed by atoms with E-state index in [0.717, 1.165) is 12.1 Å². The zero-order valence-corrected chi connectivity index (χ0v) is 13.5. The molecule has 10 heteroatoms. The van der Waals surface area contributed by atoms with Crippen LogP contribution in [0.15, 0.2) is 45.6 Å². The van der Waals surface area contributed by atoms with Crippen molar-refractivity contribution in [2.75, 3.05) is 0 Å². The Kier molecular flexibility index (Phi) is 3.12. The maximum absolute atomic E-state index is 13.3. The van der Waals surface area contributed by atoms with Gasteiger partial charge in [0.2, 0.25) is 14.9 Å². The Morgan fingerprint density at radius 2 is 2.09 bits per heavy atom. The van der Waals surface area contributed by atoms with Gasteiger partial charge in [0.25, 0.3) is 0 Å². The van der Waals surface area contributed by atoms with Gasteiger partial charge in [0.15, 0.2) is 10.8 Å². The van der Waals surface area contributed by atoms with E-state index in [2.05, 4.69) is 15.3 Å². The van der Waals surface area contributed by atoms with Crippen LogP contribution in [0, 0.1) is 5.82 Å². The third kappa shape index (κ3) is 2.12. The van der Waals surface area contributed by atoms with Crippen LogP contribution in [0.2, 0.25) is 5.15 Å². The van der Waals surface area contributed by atoms with Crippen LogP contribution in [0.5, 0.6) is 0 Å². The molecule has 1 aromatic carbocycles. The first-order chi connectivity index (χ1) is 11.0. The molecule has 116 valence electrons. The van der Waals surface area contributed by atoms with Gasteiger partial charge in [-0.3, -0.25) is 0 Å². The quantitative estimate of drug-likeness (QED) is 0.508. The highest BCUT2D eigenvalue weighted by Gasteiger charge is 2.27. The number of hydrogen-bond acceptors (Lipinski definition) is 6. The number of sulfone groups is 1. The molecule has 0 amide bonds. The van der Waals surface area contributed by atoms with E-state index in [4.69, 9.17) is 11.6 Å². The van der Waals surface area contributed by atoms with Crippen molar-refractivity contribution in [2.45, 2.75) is 9.92 Å². The first-order valence-corrected chi connectivity index (χ1v) is 9.01. The number of halogens is 2. The standard InChI is InChI=1S/C13H6ClFN4O2S2/c14-11-10-9(4-5-22-10)19-12(16-11)13(17-18-19)23(20,21)8-3-1-2-7(15)6-8/h1-6H. The number of nitrogens with zero attached hydrogens (tertiary/aromatic N) is 4. The molecule has 0 aliphatic rings. The van der Waals surface area contributed by atoms with Gasteiger partial charge >= 0.3 is 0 Å². The summed E-state index contributed by atoms with van der Waals surface area (Å²) in [5, 5.41) is 9.18. The lowest BCUT2D eigenvalue weighted by Crippen LogP contribution is -2.04. The van der Waals surface area contributed by atoms with Crippen LogP contribution in [0.4, 0.5) is 4.39 Å². The molecule has 0 unspecified atom stereocenters. The summed E-state index contributed by atoms with van der Waals surface area (Å²) in [5.41, 5.74) is 0.614. The maximum Gasteiger partial charge on any atom is 0.229 e. The largest absolute Gasteiger partial charge is 0.229 e. The highest BCUT2D eigenvalue weighted by Crippen LogP contribution is 2.30. The fraction of sp³-hybridized carbons (Fsp3) is 0. The summed E-state index contributed by atoms with van der Waals surface area (Å²) in [5.74, 6) is -0.659. The highest BCUT2D eigenvalue weighted by molar-refractivity contribution is 7.91. The second-order valence-electron chi connectivity index (χ2n) is 4.63. The molecule has 23 heavy (non-hydrogen) atoms. The van der Waals surface area contributed by atoms with Crippen LogP contribution in [0.1, 0.15) is 0 Å². The molecule has 0 atom stereocenters. The van der Waals surface area contributed by atoms with Crippen LogP contribution in [0.25, 0.3) is 15.9 Å². The van der Waals surface area contributed by atoms with Gasteiger partial charge in [-0.15, -0.1) is 16.4 Å². The fourth-order valence-electron chi connectivity index (χ4n) is 2.21. The molecular weight excluding hydrogens is 363 g/mol. The van der Waals surface area contributed by atoms with E-state index in [9.17, 15) is 12.8 Å². The summed E-state index contributed by atoms with van der Waals surface area (Å²) < 4.78 is 40.7. The minimum atomic E-state index is -4.07. The summed E-state index contributed by atoms with van der Waals surface area (Å²) in [6.07, 6.45) is 0. The Morgan fingerprint density at radius 1 is 1.26 bits per heavy atom. The topological polar surface area (TPSA) is 77.2 Å². The van der Waals surface area contributed by atoms with E-state index in [1.807, 2.05) is 0 Å². The lowest BCUT2D eigenvalue weighted by Gasteiger charge is -2.02. The number of benzene rings is 1. The van der Waals surface area contributed by atoms with Crippen LogP contribution in [-0.2, 0) is 9.84 Å². The van der Waals surface area contributed by atoms with Gasteiger partial charge in [0.05, 0.1) is 15.1 Å². The normalized spacial score (nSPS) is 12.3. The van der Waals surface area contributed by atoms with Crippen LogP contribution >= 0.6 is 22.9 Å². The SMILES string of the molecule is O=S(=O)(c1cccc(F)c1)c1nnn2c1nc(Cl)c1sccc12. The number of fused-ring (bicyclic) bond motifs is 3. The van der Waals surface area contributed by atoms with E-state index >= 15 is 0 Å². The van der Waals surface area contributed by atoms with Crippen LogP contribution in [0.3, 0.4) is 0 Å². The van der Waals surface area contributed by atoms with Crippen molar-refractivity contribution < 1.29 is 12.8 Å². The second kappa shape index (κ2) is 4.95. The molecule has 4 rings (SSSR count). The lowest BCUT2D eigenvalue weighted by atomic mass is 10.4. The summed E-state index contributed by atoms with van der Waals surface area (Å²) >= 11 is 7.46. The van der Waals surface area contributed by atoms with Crippen molar-refractivity contribution in [1.82, 2.24) is 19.8 Å². The summed E-state index contributed by atoms with van der Waals surface area (Å²) in [4.78, 5) is 3.87. The van der Waals surface area contributed by atoms with E-state index in [1.54, 1.807) is 11.4 Å². The van der Waals surface area contributed by atoms with Crippen molar-refractivity contribution in [3.63, 3.8) is 0 Å². The predicted molar refractivity (Wildman–Crippen MR) is 83.0 cm³/mol. The van der Waals surface area contributed by atoms with E-state index in [-0.39, 0.29) is 20.7 Å². The number of rotatable bonds is 2. The Morgan fingerprint density at radius 3 is 2.87 bits per heavy atom. The van der Waals surface area contributed by atoms with Crippen molar-refractivity contribution in [2.24, 2.45) is 0 Å². The number of aromatic nitrogens is 4. The highest BCUT2D eigenvalue weighted by atomic mass is 35.5. The van der Waals surface area contributed by atoms with E-state index in [0.29, 0.717) is 10.2 Å². The number of thiophene rings is 1. The first-order valence-electron chi connectivity index (χ1n) is 6.27. The number of hydrogen-bond donors (Lipinski definition) is 0. The Hall–Kier alpha value is -2.10. The molecule has 4 aromatic rings. The molecule has 0 saturated heterocycles. The maximum atomic E-state index is 13.3. The third-order valence-electron chi connectivity index (χ3n) is 3.24. The molecule has 0 aliphatic heterocycles. The lowest BCUT2D eigenvalue weighted by molar-refractivity contribution is 0.587. The van der Waals surface area contributed by atoms with Gasteiger partial charge < -0.3 is 0 Å². The van der Waals surface area contributed by atoms with Gasteiger partial charge in [-0.25, -0.2) is 17.8 Å². The van der Waals surface area contributed by atoms with E-state index in [1.165, 1.54) is 28.0 Å². The summed E-state index contributed by atoms with van der Waals surface area (Å²) in [6.45, 7) is 0. The van der Waals surface area contributed by atoms with Crippen molar-refractivity contribution in [3.8, 4) is 0 Å². The molecule has 0 bridgehead atoms. The Bertz CT molecular complexity index is 1170. The van der Waals surface area contributed by atoms with E-state index < -0.39 is 15.7 Å². The molecule has 0 aliphatic carbocycles. The Balaban J connectivity index is 2.04. The summed E-state index contributed by atoms with van der Waals surface area (Å²) in [6, 6.07) is 6.42. The Labute approximate surface area is 138 Å². The molecule has 0 radical (unpaired) electrons. The molecule has 0 spiro atoms.